The largest absolute Gasteiger partial charge is 0.243 e. The molecule has 3 rings (SSSR count). The highest BCUT2D eigenvalue weighted by molar-refractivity contribution is 7.89. The smallest absolute Gasteiger partial charge is 0.207 e. The lowest BCUT2D eigenvalue weighted by Crippen LogP contribution is -2.33. The highest BCUT2D eigenvalue weighted by Crippen LogP contribution is 2.21. The fraction of sp³-hybridized carbons (Fsp3) is 0.600. The molecule has 0 aromatic heterocycles. The Labute approximate surface area is 231 Å². The van der Waals surface area contributed by atoms with E-state index in [1.807, 2.05) is 38.1 Å². The fourth-order valence-electron chi connectivity index (χ4n) is 4.99. The molecule has 2 aromatic rings. The van der Waals surface area contributed by atoms with Gasteiger partial charge in [-0.1, -0.05) is 86.8 Å². The molecule has 0 unspecified atom stereocenters. The lowest BCUT2D eigenvalue weighted by Gasteiger charge is -2.24. The van der Waals surface area contributed by atoms with Crippen LogP contribution in [0.2, 0.25) is 0 Å². The summed E-state index contributed by atoms with van der Waals surface area (Å²) < 4.78 is 56.9. The minimum Gasteiger partial charge on any atom is -0.207 e. The van der Waals surface area contributed by atoms with Crippen molar-refractivity contribution < 1.29 is 16.8 Å². The van der Waals surface area contributed by atoms with Crippen molar-refractivity contribution in [2.75, 3.05) is 26.2 Å². The zero-order chi connectivity index (χ0) is 27.4. The Balaban J connectivity index is 1.65. The summed E-state index contributed by atoms with van der Waals surface area (Å²) in [4.78, 5) is 0.726. The van der Waals surface area contributed by atoms with Gasteiger partial charge >= 0.3 is 0 Å². The molecule has 8 heteroatoms. The van der Waals surface area contributed by atoms with E-state index in [1.165, 1.54) is 0 Å². The van der Waals surface area contributed by atoms with Crippen molar-refractivity contribution in [2.45, 2.75) is 101 Å². The quantitative estimate of drug-likeness (QED) is 0.417. The lowest BCUT2D eigenvalue weighted by molar-refractivity contribution is 0.366. The normalized spacial score (nSPS) is 19.4. The predicted molar refractivity (Wildman–Crippen MR) is 155 cm³/mol. The number of rotatable bonds is 4. The van der Waals surface area contributed by atoms with E-state index in [2.05, 4.69) is 0 Å². The van der Waals surface area contributed by atoms with Gasteiger partial charge in [0.15, 0.2) is 0 Å². The number of aryl methyl sites for hydroxylation is 2. The van der Waals surface area contributed by atoms with Crippen molar-refractivity contribution >= 4 is 20.0 Å². The van der Waals surface area contributed by atoms with Gasteiger partial charge in [0, 0.05) is 26.2 Å². The van der Waals surface area contributed by atoms with Gasteiger partial charge in [-0.05, 0) is 63.8 Å². The lowest BCUT2D eigenvalue weighted by atomic mass is 10.1. The fourth-order valence-corrected chi connectivity index (χ4v) is 8.02. The number of hydrogen-bond donors (Lipinski definition) is 0. The topological polar surface area (TPSA) is 74.8 Å². The molecule has 0 atom stereocenters. The molecular weight excluding hydrogens is 516 g/mol. The van der Waals surface area contributed by atoms with Crippen LogP contribution in [0.3, 0.4) is 0 Å². The Hall–Kier alpha value is -1.74. The van der Waals surface area contributed by atoms with Crippen molar-refractivity contribution in [1.82, 2.24) is 8.61 Å². The maximum atomic E-state index is 13.4. The highest BCUT2D eigenvalue weighted by atomic mass is 32.2. The maximum Gasteiger partial charge on any atom is 0.243 e. The number of sulfonamides is 2. The summed E-state index contributed by atoms with van der Waals surface area (Å²) in [6.07, 6.45) is 11.6. The van der Waals surface area contributed by atoms with E-state index in [9.17, 15) is 16.8 Å². The van der Waals surface area contributed by atoms with Crippen molar-refractivity contribution in [3.8, 4) is 0 Å². The number of benzene rings is 2. The standard InChI is InChI=1S/C30H46N2O4S2/c1-27-15-19-29(20-16-27)37(33,34)31-23-11-7-5-3-4-6-8-12-24-32(26-14-10-9-13-25-31)38(35,36)30-21-17-28(2)18-22-30/h15-22H,3-14,23-26H2,1-2H3. The van der Waals surface area contributed by atoms with E-state index in [0.29, 0.717) is 36.0 Å². The number of nitrogens with zero attached hydrogens (tertiary/aromatic N) is 2. The minimum absolute atomic E-state index is 0.363. The first-order chi connectivity index (χ1) is 18.2. The van der Waals surface area contributed by atoms with Gasteiger partial charge < -0.3 is 0 Å². The molecule has 38 heavy (non-hydrogen) atoms. The van der Waals surface area contributed by atoms with Crippen LogP contribution in [0.4, 0.5) is 0 Å². The summed E-state index contributed by atoms with van der Waals surface area (Å²) in [6.45, 7) is 6.03. The van der Waals surface area contributed by atoms with E-state index >= 15 is 0 Å². The van der Waals surface area contributed by atoms with Gasteiger partial charge in [-0.3, -0.25) is 0 Å². The molecule has 6 nitrogen and oxygen atoms in total. The molecule has 212 valence electrons. The van der Waals surface area contributed by atoms with Crippen molar-refractivity contribution in [2.24, 2.45) is 0 Å². The number of hydrogen-bond acceptors (Lipinski definition) is 4. The van der Waals surface area contributed by atoms with Crippen molar-refractivity contribution in [1.29, 1.82) is 0 Å². The average molecular weight is 563 g/mol. The Bertz CT molecular complexity index is 1080. The third-order valence-electron chi connectivity index (χ3n) is 7.45. The highest BCUT2D eigenvalue weighted by Gasteiger charge is 2.25. The Kier molecular flexibility index (Phi) is 12.3. The third-order valence-corrected chi connectivity index (χ3v) is 11.3. The van der Waals surface area contributed by atoms with E-state index in [0.717, 1.165) is 88.2 Å². The van der Waals surface area contributed by atoms with Gasteiger partial charge in [0.05, 0.1) is 9.79 Å². The van der Waals surface area contributed by atoms with Crippen LogP contribution in [0.15, 0.2) is 58.3 Å². The maximum absolute atomic E-state index is 13.4. The van der Waals surface area contributed by atoms with E-state index in [4.69, 9.17) is 0 Å². The van der Waals surface area contributed by atoms with E-state index in [-0.39, 0.29) is 0 Å². The van der Waals surface area contributed by atoms with Crippen LogP contribution in [0, 0.1) is 13.8 Å². The first-order valence-electron chi connectivity index (χ1n) is 14.3. The molecular formula is C30H46N2O4S2. The molecule has 2 aromatic carbocycles. The van der Waals surface area contributed by atoms with Crippen LogP contribution in [0.5, 0.6) is 0 Å². The van der Waals surface area contributed by atoms with Crippen molar-refractivity contribution in [3.05, 3.63) is 59.7 Å². The zero-order valence-electron chi connectivity index (χ0n) is 23.3. The van der Waals surface area contributed by atoms with Gasteiger partial charge in [-0.25, -0.2) is 16.8 Å². The Morgan fingerprint density at radius 3 is 0.921 bits per heavy atom. The molecule has 0 saturated carbocycles. The second-order valence-electron chi connectivity index (χ2n) is 10.7. The van der Waals surface area contributed by atoms with E-state index in [1.54, 1.807) is 32.9 Å². The summed E-state index contributed by atoms with van der Waals surface area (Å²) in [5.41, 5.74) is 2.09. The van der Waals surface area contributed by atoms with Gasteiger partial charge in [0.1, 0.15) is 0 Å². The summed E-state index contributed by atoms with van der Waals surface area (Å²) in [6, 6.07) is 14.2. The zero-order valence-corrected chi connectivity index (χ0v) is 24.9. The van der Waals surface area contributed by atoms with Crippen LogP contribution in [-0.4, -0.2) is 51.6 Å². The summed E-state index contributed by atoms with van der Waals surface area (Å²) >= 11 is 0. The average Bonchev–Trinajstić information content (AvgIpc) is 2.89. The molecule has 1 aliphatic heterocycles. The second kappa shape index (κ2) is 15.2. The van der Waals surface area contributed by atoms with Gasteiger partial charge in [0.2, 0.25) is 20.0 Å². The first-order valence-corrected chi connectivity index (χ1v) is 17.2. The molecule has 1 fully saturated rings. The molecule has 1 aliphatic rings. The monoisotopic (exact) mass is 562 g/mol. The van der Waals surface area contributed by atoms with E-state index < -0.39 is 20.0 Å². The molecule has 0 bridgehead atoms. The van der Waals surface area contributed by atoms with Crippen molar-refractivity contribution in [3.63, 3.8) is 0 Å². The third kappa shape index (κ3) is 9.18. The molecule has 0 amide bonds. The second-order valence-corrected chi connectivity index (χ2v) is 14.6. The molecule has 1 saturated heterocycles. The Morgan fingerprint density at radius 1 is 0.421 bits per heavy atom. The SMILES string of the molecule is Cc1ccc(S(=O)(=O)N2CCCCCCCCCCN(S(=O)(=O)c3ccc(C)cc3)CCCCCC2)cc1. The molecule has 0 radical (unpaired) electrons. The first kappa shape index (κ1) is 30.8. The van der Waals surface area contributed by atoms with Gasteiger partial charge in [0.25, 0.3) is 0 Å². The molecule has 1 heterocycles. The molecule has 0 aliphatic carbocycles. The minimum atomic E-state index is -3.52. The van der Waals surface area contributed by atoms with Gasteiger partial charge in [-0.15, -0.1) is 0 Å². The van der Waals surface area contributed by atoms with Crippen LogP contribution in [-0.2, 0) is 20.0 Å². The molecule has 0 spiro atoms. The van der Waals surface area contributed by atoms with Crippen LogP contribution >= 0.6 is 0 Å². The summed E-state index contributed by atoms with van der Waals surface area (Å²) in [5.74, 6) is 0. The Morgan fingerprint density at radius 2 is 0.658 bits per heavy atom. The van der Waals surface area contributed by atoms with Crippen LogP contribution < -0.4 is 0 Å². The van der Waals surface area contributed by atoms with Crippen LogP contribution in [0.25, 0.3) is 0 Å². The van der Waals surface area contributed by atoms with Crippen LogP contribution in [0.1, 0.15) is 88.2 Å². The summed E-state index contributed by atoms with van der Waals surface area (Å²) in [7, 11) is -7.05. The summed E-state index contributed by atoms with van der Waals surface area (Å²) in [5, 5.41) is 0. The van der Waals surface area contributed by atoms with Gasteiger partial charge in [-0.2, -0.15) is 8.61 Å². The molecule has 0 N–H and O–H groups in total. The predicted octanol–water partition coefficient (Wildman–Crippen LogP) is 6.68.